The van der Waals surface area contributed by atoms with Crippen LogP contribution in [0.15, 0.2) is 59.7 Å². The van der Waals surface area contributed by atoms with Crippen LogP contribution in [-0.4, -0.2) is 36.7 Å². The van der Waals surface area contributed by atoms with Crippen LogP contribution in [0.4, 0.5) is 5.00 Å². The summed E-state index contributed by atoms with van der Waals surface area (Å²) in [6.45, 7) is 5.84. The van der Waals surface area contributed by atoms with Gasteiger partial charge in [-0.25, -0.2) is 10.2 Å². The van der Waals surface area contributed by atoms with Gasteiger partial charge in [0.1, 0.15) is 10.8 Å². The Bertz CT molecular complexity index is 1320. The maximum absolute atomic E-state index is 13.0. The molecule has 2 amide bonds. The molecule has 0 spiro atoms. The second-order valence-electron chi connectivity index (χ2n) is 9.16. The van der Waals surface area contributed by atoms with Gasteiger partial charge in [-0.05, 0) is 74.4 Å². The molecule has 0 saturated carbocycles. The molecule has 38 heavy (non-hydrogen) atoms. The lowest BCUT2D eigenvalue weighted by Crippen LogP contribution is -2.33. The molecule has 0 aliphatic heterocycles. The molecule has 0 radical (unpaired) electrons. The number of thiophene rings is 1. The Morgan fingerprint density at radius 3 is 2.58 bits per heavy atom. The van der Waals surface area contributed by atoms with Gasteiger partial charge in [-0.1, -0.05) is 37.3 Å². The average Bonchev–Trinajstić information content (AvgIpc) is 3.26. The van der Waals surface area contributed by atoms with Crippen LogP contribution in [0.5, 0.6) is 5.75 Å². The summed E-state index contributed by atoms with van der Waals surface area (Å²) < 4.78 is 11.0. The van der Waals surface area contributed by atoms with E-state index < -0.39 is 18.0 Å². The lowest BCUT2D eigenvalue weighted by atomic mass is 9.88. The predicted molar refractivity (Wildman–Crippen MR) is 148 cm³/mol. The molecule has 8 nitrogen and oxygen atoms in total. The number of rotatable bonds is 9. The van der Waals surface area contributed by atoms with Crippen molar-refractivity contribution in [3.8, 4) is 5.75 Å². The molecule has 9 heteroatoms. The number of hydrogen-bond acceptors (Lipinski definition) is 7. The highest BCUT2D eigenvalue weighted by Crippen LogP contribution is 2.40. The molecule has 1 heterocycles. The number of ether oxygens (including phenoxy) is 2. The Labute approximate surface area is 226 Å². The molecule has 1 aromatic heterocycles. The first-order valence-electron chi connectivity index (χ1n) is 12.6. The molecule has 198 valence electrons. The van der Waals surface area contributed by atoms with Crippen molar-refractivity contribution in [2.75, 3.05) is 11.9 Å². The largest absolute Gasteiger partial charge is 0.481 e. The Hall–Kier alpha value is -3.98. The van der Waals surface area contributed by atoms with E-state index in [2.05, 4.69) is 22.8 Å². The molecule has 2 atom stereocenters. The predicted octanol–water partition coefficient (Wildman–Crippen LogP) is 5.22. The number of hydrogen-bond donors (Lipinski definition) is 2. The van der Waals surface area contributed by atoms with Crippen LogP contribution in [-0.2, 0) is 22.4 Å². The fourth-order valence-corrected chi connectivity index (χ4v) is 5.57. The van der Waals surface area contributed by atoms with Crippen molar-refractivity contribution in [3.63, 3.8) is 0 Å². The number of amides is 2. The van der Waals surface area contributed by atoms with Gasteiger partial charge in [0, 0.05) is 10.4 Å². The van der Waals surface area contributed by atoms with Crippen molar-refractivity contribution in [1.29, 1.82) is 0 Å². The van der Waals surface area contributed by atoms with Gasteiger partial charge in [-0.3, -0.25) is 9.59 Å². The summed E-state index contributed by atoms with van der Waals surface area (Å²) in [7, 11) is 0. The molecule has 2 N–H and O–H groups in total. The number of nitrogens with zero attached hydrogens (tertiary/aromatic N) is 1. The smallest absolute Gasteiger partial charge is 0.341 e. The van der Waals surface area contributed by atoms with Crippen molar-refractivity contribution in [3.05, 3.63) is 81.7 Å². The number of esters is 1. The van der Waals surface area contributed by atoms with E-state index in [9.17, 15) is 14.4 Å². The van der Waals surface area contributed by atoms with Crippen LogP contribution >= 0.6 is 11.3 Å². The number of nitrogens with one attached hydrogen (secondary N) is 2. The lowest BCUT2D eigenvalue weighted by molar-refractivity contribution is -0.127. The Morgan fingerprint density at radius 2 is 1.87 bits per heavy atom. The summed E-state index contributed by atoms with van der Waals surface area (Å²) in [6, 6.07) is 15.9. The maximum Gasteiger partial charge on any atom is 0.341 e. The van der Waals surface area contributed by atoms with E-state index in [-0.39, 0.29) is 12.5 Å². The monoisotopic (exact) mass is 533 g/mol. The highest BCUT2D eigenvalue weighted by Gasteiger charge is 2.29. The second-order valence-corrected chi connectivity index (χ2v) is 10.3. The minimum atomic E-state index is -0.797. The summed E-state index contributed by atoms with van der Waals surface area (Å²) in [4.78, 5) is 39.2. The third kappa shape index (κ3) is 6.66. The topological polar surface area (TPSA) is 106 Å². The normalized spacial score (nSPS) is 15.4. The molecule has 0 fully saturated rings. The first-order valence-corrected chi connectivity index (χ1v) is 13.4. The highest BCUT2D eigenvalue weighted by molar-refractivity contribution is 7.17. The summed E-state index contributed by atoms with van der Waals surface area (Å²) in [5, 5.41) is 7.38. The van der Waals surface area contributed by atoms with Crippen LogP contribution in [0, 0.1) is 5.92 Å². The van der Waals surface area contributed by atoms with E-state index in [0.29, 0.717) is 27.8 Å². The Kier molecular flexibility index (Phi) is 8.91. The summed E-state index contributed by atoms with van der Waals surface area (Å²) in [6.07, 6.45) is 3.44. The molecular formula is C29H31N3O5S. The van der Waals surface area contributed by atoms with Crippen molar-refractivity contribution >= 4 is 40.3 Å². The molecule has 4 rings (SSSR count). The maximum atomic E-state index is 13.0. The molecule has 3 aromatic rings. The van der Waals surface area contributed by atoms with Gasteiger partial charge in [-0.15, -0.1) is 11.3 Å². The molecule has 1 aliphatic carbocycles. The van der Waals surface area contributed by atoms with E-state index in [4.69, 9.17) is 9.47 Å². The number of carbonyl (C=O) groups is 3. The summed E-state index contributed by atoms with van der Waals surface area (Å²) in [5.74, 6) is -0.174. The van der Waals surface area contributed by atoms with Crippen molar-refractivity contribution in [1.82, 2.24) is 5.43 Å². The van der Waals surface area contributed by atoms with Crippen molar-refractivity contribution in [2.24, 2.45) is 11.0 Å². The molecule has 2 unspecified atom stereocenters. The number of anilines is 1. The minimum absolute atomic E-state index is 0.268. The Balaban J connectivity index is 1.38. The van der Waals surface area contributed by atoms with E-state index in [1.165, 1.54) is 11.3 Å². The average molecular weight is 534 g/mol. The van der Waals surface area contributed by atoms with Gasteiger partial charge >= 0.3 is 5.97 Å². The van der Waals surface area contributed by atoms with Gasteiger partial charge in [0.25, 0.3) is 11.8 Å². The molecule has 2 aromatic carbocycles. The lowest BCUT2D eigenvalue weighted by Gasteiger charge is -2.18. The first-order chi connectivity index (χ1) is 18.4. The van der Waals surface area contributed by atoms with Gasteiger partial charge < -0.3 is 14.8 Å². The van der Waals surface area contributed by atoms with Crippen molar-refractivity contribution in [2.45, 2.75) is 46.1 Å². The molecule has 0 bridgehead atoms. The summed E-state index contributed by atoms with van der Waals surface area (Å²) in [5.41, 5.74) is 5.19. The zero-order valence-corrected chi connectivity index (χ0v) is 22.5. The van der Waals surface area contributed by atoms with Gasteiger partial charge in [0.05, 0.1) is 18.4 Å². The van der Waals surface area contributed by atoms with Gasteiger partial charge in [0.15, 0.2) is 6.10 Å². The quantitative estimate of drug-likeness (QED) is 0.223. The second kappa shape index (κ2) is 12.5. The highest BCUT2D eigenvalue weighted by atomic mass is 32.1. The number of benzene rings is 2. The standard InChI is InChI=1S/C29H31N3O5S/c1-4-36-29(35)25-23-15-10-18(2)16-24(23)38-28(25)31-27(34)21-11-13-22(14-12-21)37-19(3)26(33)32-30-17-20-8-6-5-7-9-20/h5-9,11-14,17-19H,4,10,15-16H2,1-3H3,(H,31,34)(H,32,33)/b30-17+. The van der Waals surface area contributed by atoms with Crippen LogP contribution in [0.25, 0.3) is 0 Å². The van der Waals surface area contributed by atoms with Crippen LogP contribution < -0.4 is 15.5 Å². The summed E-state index contributed by atoms with van der Waals surface area (Å²) >= 11 is 1.45. The molecule has 1 aliphatic rings. The zero-order chi connectivity index (χ0) is 27.1. The molecule has 0 saturated heterocycles. The first kappa shape index (κ1) is 27.1. The number of carbonyl (C=O) groups excluding carboxylic acids is 3. The third-order valence-corrected chi connectivity index (χ3v) is 7.37. The number of fused-ring (bicyclic) bond motifs is 1. The van der Waals surface area contributed by atoms with E-state index >= 15 is 0 Å². The third-order valence-electron chi connectivity index (χ3n) is 6.20. The van der Waals surface area contributed by atoms with E-state index in [1.807, 2.05) is 30.3 Å². The number of hydrazone groups is 1. The SMILES string of the molecule is CCOC(=O)c1c(NC(=O)c2ccc(OC(C)C(=O)N/N=C/c3ccccc3)cc2)sc2c1CCC(C)C2. The van der Waals surface area contributed by atoms with Gasteiger partial charge in [-0.2, -0.15) is 5.10 Å². The Morgan fingerprint density at radius 1 is 1.13 bits per heavy atom. The van der Waals surface area contributed by atoms with Crippen LogP contribution in [0.2, 0.25) is 0 Å². The molecular weight excluding hydrogens is 502 g/mol. The van der Waals surface area contributed by atoms with E-state index in [0.717, 1.165) is 35.3 Å². The van der Waals surface area contributed by atoms with Crippen LogP contribution in [0.1, 0.15) is 63.9 Å². The van der Waals surface area contributed by atoms with Crippen molar-refractivity contribution < 1.29 is 23.9 Å². The van der Waals surface area contributed by atoms with Crippen LogP contribution in [0.3, 0.4) is 0 Å². The zero-order valence-electron chi connectivity index (χ0n) is 21.7. The fraction of sp³-hybridized carbons (Fsp3) is 0.310. The minimum Gasteiger partial charge on any atom is -0.481 e. The van der Waals surface area contributed by atoms with E-state index in [1.54, 1.807) is 44.3 Å². The fourth-order valence-electron chi connectivity index (χ4n) is 4.18. The van der Waals surface area contributed by atoms with Gasteiger partial charge in [0.2, 0.25) is 0 Å².